The summed E-state index contributed by atoms with van der Waals surface area (Å²) in [7, 11) is 1.55. The van der Waals surface area contributed by atoms with Crippen LogP contribution in [0.15, 0.2) is 22.7 Å². The van der Waals surface area contributed by atoms with Crippen molar-refractivity contribution in [3.8, 4) is 0 Å². The van der Waals surface area contributed by atoms with Crippen LogP contribution in [-0.4, -0.2) is 35.5 Å². The monoisotopic (exact) mass is 333 g/mol. The van der Waals surface area contributed by atoms with Crippen LogP contribution in [0.4, 0.5) is 0 Å². The van der Waals surface area contributed by atoms with Crippen molar-refractivity contribution in [3.63, 3.8) is 0 Å². The normalized spacial score (nSPS) is 12.0. The fourth-order valence-electron chi connectivity index (χ4n) is 1.45. The van der Waals surface area contributed by atoms with Gasteiger partial charge in [0, 0.05) is 18.1 Å². The maximum Gasteiger partial charge on any atom is 0.308 e. The Morgan fingerprint density at radius 3 is 2.67 bits per heavy atom. The van der Waals surface area contributed by atoms with Crippen LogP contribution in [0.5, 0.6) is 0 Å². The summed E-state index contributed by atoms with van der Waals surface area (Å²) in [6, 6.07) is 5.05. The SMILES string of the molecule is CC(CN(C)C(=O)c1cccc(Br)c1Cl)C(=O)O. The minimum Gasteiger partial charge on any atom is -0.481 e. The summed E-state index contributed by atoms with van der Waals surface area (Å²) in [6.07, 6.45) is 0. The number of hydrogen-bond acceptors (Lipinski definition) is 2. The fraction of sp³-hybridized carbons (Fsp3) is 0.333. The Morgan fingerprint density at radius 1 is 1.50 bits per heavy atom. The van der Waals surface area contributed by atoms with E-state index < -0.39 is 11.9 Å². The Hall–Kier alpha value is -1.07. The van der Waals surface area contributed by atoms with Crippen LogP contribution in [0.1, 0.15) is 17.3 Å². The fourth-order valence-corrected chi connectivity index (χ4v) is 2.02. The topological polar surface area (TPSA) is 57.6 Å². The van der Waals surface area contributed by atoms with Gasteiger partial charge < -0.3 is 10.0 Å². The first kappa shape index (κ1) is 15.0. The highest BCUT2D eigenvalue weighted by Crippen LogP contribution is 2.26. The third-order valence-electron chi connectivity index (χ3n) is 2.50. The molecule has 0 fully saturated rings. The lowest BCUT2D eigenvalue weighted by atomic mass is 10.1. The van der Waals surface area contributed by atoms with Gasteiger partial charge in [-0.15, -0.1) is 0 Å². The van der Waals surface area contributed by atoms with Crippen LogP contribution in [0.3, 0.4) is 0 Å². The molecule has 1 atom stereocenters. The highest BCUT2D eigenvalue weighted by atomic mass is 79.9. The molecule has 1 N–H and O–H groups in total. The summed E-state index contributed by atoms with van der Waals surface area (Å²) in [5.41, 5.74) is 0.353. The molecule has 0 spiro atoms. The highest BCUT2D eigenvalue weighted by Gasteiger charge is 2.20. The quantitative estimate of drug-likeness (QED) is 0.921. The van der Waals surface area contributed by atoms with Gasteiger partial charge in [0.25, 0.3) is 5.91 Å². The van der Waals surface area contributed by atoms with Crippen molar-refractivity contribution in [2.24, 2.45) is 5.92 Å². The average Bonchev–Trinajstić information content (AvgIpc) is 2.31. The van der Waals surface area contributed by atoms with Crippen molar-refractivity contribution in [3.05, 3.63) is 33.3 Å². The van der Waals surface area contributed by atoms with Crippen LogP contribution in [-0.2, 0) is 4.79 Å². The lowest BCUT2D eigenvalue weighted by molar-refractivity contribution is -0.141. The van der Waals surface area contributed by atoms with Crippen LogP contribution >= 0.6 is 27.5 Å². The van der Waals surface area contributed by atoms with Gasteiger partial charge in [-0.2, -0.15) is 0 Å². The van der Waals surface area contributed by atoms with Crippen LogP contribution < -0.4 is 0 Å². The van der Waals surface area contributed by atoms with E-state index in [1.165, 1.54) is 4.90 Å². The van der Waals surface area contributed by atoms with Gasteiger partial charge in [-0.1, -0.05) is 24.6 Å². The molecule has 0 aliphatic heterocycles. The van der Waals surface area contributed by atoms with Crippen molar-refractivity contribution in [1.29, 1.82) is 0 Å². The Kier molecular flexibility index (Phi) is 5.16. The number of carboxylic acid groups (broad SMARTS) is 1. The number of amides is 1. The van der Waals surface area contributed by atoms with E-state index >= 15 is 0 Å². The summed E-state index contributed by atoms with van der Waals surface area (Å²) in [5.74, 6) is -1.85. The smallest absolute Gasteiger partial charge is 0.308 e. The maximum absolute atomic E-state index is 12.1. The molecule has 0 aromatic heterocycles. The van der Waals surface area contributed by atoms with E-state index in [0.717, 1.165) is 0 Å². The van der Waals surface area contributed by atoms with E-state index in [9.17, 15) is 9.59 Å². The first-order chi connectivity index (χ1) is 8.34. The standard InChI is InChI=1S/C12H13BrClNO3/c1-7(12(17)18)6-15(2)11(16)8-4-3-5-9(13)10(8)14/h3-5,7H,6H2,1-2H3,(H,17,18). The number of halogens is 2. The van der Waals surface area contributed by atoms with Gasteiger partial charge in [0.1, 0.15) is 0 Å². The summed E-state index contributed by atoms with van der Waals surface area (Å²) in [4.78, 5) is 24.2. The zero-order valence-electron chi connectivity index (χ0n) is 9.98. The van der Waals surface area contributed by atoms with Crippen molar-refractivity contribution in [2.75, 3.05) is 13.6 Å². The average molecular weight is 335 g/mol. The Bertz CT molecular complexity index is 478. The molecule has 18 heavy (non-hydrogen) atoms. The second kappa shape index (κ2) is 6.20. The molecule has 1 aromatic rings. The van der Waals surface area contributed by atoms with Crippen molar-refractivity contribution in [2.45, 2.75) is 6.92 Å². The molecule has 6 heteroatoms. The van der Waals surface area contributed by atoms with E-state index in [1.54, 1.807) is 32.2 Å². The Morgan fingerprint density at radius 2 is 2.11 bits per heavy atom. The zero-order valence-corrected chi connectivity index (χ0v) is 12.3. The van der Waals surface area contributed by atoms with E-state index in [2.05, 4.69) is 15.9 Å². The molecule has 98 valence electrons. The van der Waals surface area contributed by atoms with Gasteiger partial charge >= 0.3 is 5.97 Å². The molecule has 1 amide bonds. The van der Waals surface area contributed by atoms with Crippen LogP contribution in [0.25, 0.3) is 0 Å². The minimum absolute atomic E-state index is 0.136. The van der Waals surface area contributed by atoms with Gasteiger partial charge in [0.15, 0.2) is 0 Å². The highest BCUT2D eigenvalue weighted by molar-refractivity contribution is 9.10. The van der Waals surface area contributed by atoms with Crippen molar-refractivity contribution < 1.29 is 14.7 Å². The maximum atomic E-state index is 12.1. The molecule has 1 aromatic carbocycles. The van der Waals surface area contributed by atoms with E-state index in [-0.39, 0.29) is 12.5 Å². The Balaban J connectivity index is 2.87. The second-order valence-corrected chi connectivity index (χ2v) is 5.26. The van der Waals surface area contributed by atoms with Crippen molar-refractivity contribution in [1.82, 2.24) is 4.90 Å². The number of carbonyl (C=O) groups excluding carboxylic acids is 1. The summed E-state index contributed by atoms with van der Waals surface area (Å²) >= 11 is 9.26. The third-order valence-corrected chi connectivity index (χ3v) is 3.79. The lowest BCUT2D eigenvalue weighted by Gasteiger charge is -2.20. The molecule has 1 unspecified atom stereocenters. The number of benzene rings is 1. The van der Waals surface area contributed by atoms with E-state index in [4.69, 9.17) is 16.7 Å². The molecule has 4 nitrogen and oxygen atoms in total. The van der Waals surface area contributed by atoms with Crippen LogP contribution in [0.2, 0.25) is 5.02 Å². The zero-order chi connectivity index (χ0) is 13.9. The molecular formula is C12H13BrClNO3. The number of aliphatic carboxylic acids is 1. The molecule has 0 saturated carbocycles. The van der Waals surface area contributed by atoms with Gasteiger partial charge in [-0.05, 0) is 28.1 Å². The first-order valence-electron chi connectivity index (χ1n) is 5.27. The molecule has 0 aliphatic rings. The number of rotatable bonds is 4. The van der Waals surface area contributed by atoms with Gasteiger partial charge in [0.05, 0.1) is 16.5 Å². The molecule has 1 rings (SSSR count). The van der Waals surface area contributed by atoms with E-state index in [0.29, 0.717) is 15.1 Å². The number of nitrogens with zero attached hydrogens (tertiary/aromatic N) is 1. The predicted molar refractivity (Wildman–Crippen MR) is 72.9 cm³/mol. The van der Waals surface area contributed by atoms with Gasteiger partial charge in [-0.25, -0.2) is 0 Å². The molecule has 0 bridgehead atoms. The number of hydrogen-bond donors (Lipinski definition) is 1. The van der Waals surface area contributed by atoms with Crippen molar-refractivity contribution >= 4 is 39.4 Å². The molecular weight excluding hydrogens is 321 g/mol. The summed E-state index contributed by atoms with van der Waals surface area (Å²) < 4.78 is 0.634. The molecule has 0 aliphatic carbocycles. The minimum atomic E-state index is -0.935. The Labute approximate surface area is 119 Å². The third kappa shape index (κ3) is 3.46. The molecule has 0 heterocycles. The summed E-state index contributed by atoms with van der Waals surface area (Å²) in [5, 5.41) is 9.14. The van der Waals surface area contributed by atoms with E-state index in [1.807, 2.05) is 0 Å². The molecule has 0 radical (unpaired) electrons. The lowest BCUT2D eigenvalue weighted by Crippen LogP contribution is -2.33. The first-order valence-corrected chi connectivity index (χ1v) is 6.44. The van der Waals surface area contributed by atoms with Crippen LogP contribution in [0, 0.1) is 5.92 Å². The predicted octanol–water partition coefficient (Wildman–Crippen LogP) is 2.90. The summed E-state index contributed by atoms with van der Waals surface area (Å²) in [6.45, 7) is 1.69. The molecule has 0 saturated heterocycles. The second-order valence-electron chi connectivity index (χ2n) is 4.03. The largest absolute Gasteiger partial charge is 0.481 e. The number of carboxylic acids is 1. The number of carbonyl (C=O) groups is 2. The van der Waals surface area contributed by atoms with Gasteiger partial charge in [-0.3, -0.25) is 9.59 Å². The van der Waals surface area contributed by atoms with Gasteiger partial charge in [0.2, 0.25) is 0 Å².